The predicted molar refractivity (Wildman–Crippen MR) is 106 cm³/mol. The van der Waals surface area contributed by atoms with Crippen LogP contribution in [0.1, 0.15) is 0 Å². The van der Waals surface area contributed by atoms with Crippen LogP contribution in [0.5, 0.6) is 0 Å². The maximum absolute atomic E-state index is 11.1. The SMILES string of the molecule is O=C([O-])C(C(=O)[O-])N1CCOCCOCCN(C(C(=O)[O-])C(=O)[O-])CCOCCOCC1.[Mg+2].[Mg+2]. The van der Waals surface area contributed by atoms with Gasteiger partial charge in [0.1, 0.15) is 0 Å². The normalized spacial score (nSPS) is 18.6. The van der Waals surface area contributed by atoms with Gasteiger partial charge < -0.3 is 58.6 Å². The summed E-state index contributed by atoms with van der Waals surface area (Å²) in [5.74, 6) is -7.24. The molecule has 0 unspecified atom stereocenters. The van der Waals surface area contributed by atoms with Gasteiger partial charge in [0.25, 0.3) is 0 Å². The van der Waals surface area contributed by atoms with Crippen LogP contribution in [0.3, 0.4) is 0 Å². The predicted octanol–water partition coefficient (Wildman–Crippen LogP) is -8.35. The van der Waals surface area contributed by atoms with Gasteiger partial charge in [-0.15, -0.1) is 0 Å². The number of nitrogens with zero attached hydrogens (tertiary/aromatic N) is 2. The average molecular weight is 511 g/mol. The summed E-state index contributed by atoms with van der Waals surface area (Å²) in [6.45, 7) is -0.0340. The fourth-order valence-corrected chi connectivity index (χ4v) is 2.90. The summed E-state index contributed by atoms with van der Waals surface area (Å²) in [7, 11) is 0. The van der Waals surface area contributed by atoms with Crippen LogP contribution in [0, 0.1) is 0 Å². The molecule has 0 spiro atoms. The molecule has 1 aliphatic heterocycles. The van der Waals surface area contributed by atoms with Gasteiger partial charge in [-0.2, -0.15) is 0 Å². The minimum atomic E-state index is -1.97. The van der Waals surface area contributed by atoms with Crippen LogP contribution >= 0.6 is 0 Å². The summed E-state index contributed by atoms with van der Waals surface area (Å²) < 4.78 is 21.2. The average Bonchev–Trinajstić information content (AvgIpc) is 2.69. The first kappa shape index (κ1) is 35.3. The van der Waals surface area contributed by atoms with Crippen LogP contribution in [-0.2, 0) is 38.1 Å². The third-order valence-corrected chi connectivity index (χ3v) is 4.46. The number of hydrogen-bond donors (Lipinski definition) is 0. The number of ether oxygens (including phenoxy) is 4. The number of carboxylic acid groups (broad SMARTS) is 4. The maximum atomic E-state index is 11.1. The van der Waals surface area contributed by atoms with Crippen LogP contribution < -0.4 is 20.4 Å². The second kappa shape index (κ2) is 20.4. The first-order valence-electron chi connectivity index (χ1n) is 9.88. The van der Waals surface area contributed by atoms with Crippen molar-refractivity contribution in [3.8, 4) is 0 Å². The van der Waals surface area contributed by atoms with Crippen molar-refractivity contribution in [1.82, 2.24) is 9.80 Å². The number of carbonyl (C=O) groups excluding carboxylic acids is 4. The topological polar surface area (TPSA) is 204 Å². The molecular weight excluding hydrogens is 485 g/mol. The molecule has 0 atom stereocenters. The molecule has 1 fully saturated rings. The molecule has 1 heterocycles. The standard InChI is InChI=1S/C18H30N2O12.2Mg/c21-15(22)13(16(23)24)19-1-5-29-9-10-31-7-3-20(14(17(25)26)18(27)28)4-8-32-12-11-30-6-2-19;;/h13-14H,1-12H2,(H,21,22)(H,23,24)(H,25,26)(H,27,28);;/q;2*+2/p-4. The van der Waals surface area contributed by atoms with Gasteiger partial charge in [0.2, 0.25) is 0 Å². The number of rotatable bonds is 6. The van der Waals surface area contributed by atoms with Crippen molar-refractivity contribution >= 4 is 70.0 Å². The van der Waals surface area contributed by atoms with Crippen molar-refractivity contribution in [3.63, 3.8) is 0 Å². The van der Waals surface area contributed by atoms with E-state index in [0.717, 1.165) is 9.80 Å². The van der Waals surface area contributed by atoms with Crippen molar-refractivity contribution < 1.29 is 58.6 Å². The molecule has 0 aliphatic carbocycles. The summed E-state index contributed by atoms with van der Waals surface area (Å²) in [4.78, 5) is 46.8. The van der Waals surface area contributed by atoms with Gasteiger partial charge in [0.15, 0.2) is 0 Å². The molecule has 184 valence electrons. The van der Waals surface area contributed by atoms with Gasteiger partial charge in [0.05, 0.1) is 88.8 Å². The molecule has 1 saturated heterocycles. The van der Waals surface area contributed by atoms with E-state index in [9.17, 15) is 39.6 Å². The zero-order valence-electron chi connectivity index (χ0n) is 18.8. The van der Waals surface area contributed by atoms with E-state index >= 15 is 0 Å². The van der Waals surface area contributed by atoms with Gasteiger partial charge in [-0.05, 0) is 0 Å². The first-order chi connectivity index (χ1) is 15.3. The molecule has 0 N–H and O–H groups in total. The van der Waals surface area contributed by atoms with Crippen molar-refractivity contribution in [2.75, 3.05) is 79.0 Å². The second-order valence-electron chi connectivity index (χ2n) is 6.60. The molecule has 0 saturated carbocycles. The summed E-state index contributed by atoms with van der Waals surface area (Å²) in [6.07, 6.45) is 0. The van der Waals surface area contributed by atoms with E-state index in [1.165, 1.54) is 0 Å². The molecule has 1 aliphatic rings. The molecule has 1 rings (SSSR count). The van der Waals surface area contributed by atoms with E-state index in [1.54, 1.807) is 0 Å². The fourth-order valence-electron chi connectivity index (χ4n) is 2.90. The Kier molecular flexibility index (Phi) is 21.2. The molecule has 0 amide bonds. The molecule has 34 heavy (non-hydrogen) atoms. The van der Waals surface area contributed by atoms with Gasteiger partial charge >= 0.3 is 46.1 Å². The van der Waals surface area contributed by atoms with E-state index < -0.39 is 36.0 Å². The number of aliphatic carboxylic acids is 4. The number of hydrogen-bond acceptors (Lipinski definition) is 14. The molecular formula is C18H26Mg2N2O12. The van der Waals surface area contributed by atoms with Crippen LogP contribution in [0.4, 0.5) is 0 Å². The number of carbonyl (C=O) groups is 4. The number of carboxylic acids is 4. The minimum Gasteiger partial charge on any atom is -0.548 e. The third kappa shape index (κ3) is 13.9. The van der Waals surface area contributed by atoms with Gasteiger partial charge in [-0.1, -0.05) is 0 Å². The van der Waals surface area contributed by atoms with Crippen LogP contribution in [-0.4, -0.2) is 171 Å². The Hall–Kier alpha value is -0.828. The van der Waals surface area contributed by atoms with Crippen LogP contribution in [0.2, 0.25) is 0 Å². The van der Waals surface area contributed by atoms with Crippen LogP contribution in [0.15, 0.2) is 0 Å². The largest absolute Gasteiger partial charge is 2.00 e. The molecule has 16 heteroatoms. The van der Waals surface area contributed by atoms with E-state index in [4.69, 9.17) is 18.9 Å². The zero-order valence-corrected chi connectivity index (χ0v) is 21.7. The van der Waals surface area contributed by atoms with Gasteiger partial charge in [-0.25, -0.2) is 0 Å². The molecule has 0 radical (unpaired) electrons. The molecule has 0 aromatic carbocycles. The summed E-state index contributed by atoms with van der Waals surface area (Å²) >= 11 is 0. The van der Waals surface area contributed by atoms with E-state index in [-0.39, 0.29) is 125 Å². The Balaban J connectivity index is 0. The van der Waals surface area contributed by atoms with E-state index in [1.807, 2.05) is 0 Å². The maximum Gasteiger partial charge on any atom is 2.00 e. The summed E-state index contributed by atoms with van der Waals surface area (Å²) in [5, 5.41) is 44.6. The molecule has 14 nitrogen and oxygen atoms in total. The van der Waals surface area contributed by atoms with Crippen molar-refractivity contribution in [2.45, 2.75) is 12.1 Å². The molecule has 0 aromatic heterocycles. The fraction of sp³-hybridized carbons (Fsp3) is 0.778. The quantitative estimate of drug-likeness (QED) is 0.240. The third-order valence-electron chi connectivity index (χ3n) is 4.46. The monoisotopic (exact) mass is 510 g/mol. The van der Waals surface area contributed by atoms with Gasteiger partial charge in [-0.3, -0.25) is 9.80 Å². The smallest absolute Gasteiger partial charge is 0.548 e. The van der Waals surface area contributed by atoms with Crippen molar-refractivity contribution in [3.05, 3.63) is 0 Å². The minimum absolute atomic E-state index is 0. The van der Waals surface area contributed by atoms with Crippen molar-refractivity contribution in [1.29, 1.82) is 0 Å². The Bertz CT molecular complexity index is 528. The Morgan fingerprint density at radius 1 is 0.471 bits per heavy atom. The molecule has 0 bridgehead atoms. The zero-order chi connectivity index (χ0) is 23.9. The Labute approximate surface area is 228 Å². The Morgan fingerprint density at radius 3 is 0.853 bits per heavy atom. The summed E-state index contributed by atoms with van der Waals surface area (Å²) in [5.41, 5.74) is 0. The molecule has 0 aromatic rings. The Morgan fingerprint density at radius 2 is 0.676 bits per heavy atom. The van der Waals surface area contributed by atoms with Crippen LogP contribution in [0.25, 0.3) is 0 Å². The first-order valence-corrected chi connectivity index (χ1v) is 9.88. The van der Waals surface area contributed by atoms with Gasteiger partial charge in [0, 0.05) is 26.2 Å². The van der Waals surface area contributed by atoms with E-state index in [0.29, 0.717) is 0 Å². The summed E-state index contributed by atoms with van der Waals surface area (Å²) in [6, 6.07) is -3.93. The van der Waals surface area contributed by atoms with Crippen molar-refractivity contribution in [2.24, 2.45) is 0 Å². The van der Waals surface area contributed by atoms with E-state index in [2.05, 4.69) is 0 Å². The second-order valence-corrected chi connectivity index (χ2v) is 6.60.